The zero-order valence-corrected chi connectivity index (χ0v) is 14.9. The molecule has 1 aliphatic rings. The lowest BCUT2D eigenvalue weighted by Gasteiger charge is -2.18. The summed E-state index contributed by atoms with van der Waals surface area (Å²) < 4.78 is 77.2. The predicted octanol–water partition coefficient (Wildman–Crippen LogP) is 4.13. The Kier molecular flexibility index (Phi) is 4.80. The van der Waals surface area contributed by atoms with E-state index in [2.05, 4.69) is 4.72 Å². The van der Waals surface area contributed by atoms with E-state index in [4.69, 9.17) is 21.1 Å². The second-order valence-corrected chi connectivity index (χ2v) is 7.71. The Bertz CT molecular complexity index is 947. The van der Waals surface area contributed by atoms with Crippen LogP contribution in [0.5, 0.6) is 11.5 Å². The molecule has 0 unspecified atom stereocenters. The molecule has 0 amide bonds. The van der Waals surface area contributed by atoms with Crippen molar-refractivity contribution in [2.24, 2.45) is 0 Å². The third-order valence-corrected chi connectivity index (χ3v) is 5.60. The molecule has 0 spiro atoms. The molecule has 0 aromatic heterocycles. The van der Waals surface area contributed by atoms with Gasteiger partial charge in [0.25, 0.3) is 0 Å². The first-order chi connectivity index (χ1) is 12.1. The van der Waals surface area contributed by atoms with Crippen LogP contribution in [0.1, 0.15) is 24.1 Å². The van der Waals surface area contributed by atoms with Crippen molar-refractivity contribution in [2.75, 3.05) is 6.79 Å². The Morgan fingerprint density at radius 1 is 1.12 bits per heavy atom. The molecule has 0 aliphatic carbocycles. The SMILES string of the molecule is C[C@@H](NS(=O)(=O)c1ccc(Cl)cc1C(F)(F)F)c1ccc2c(c1)OCO2. The Balaban J connectivity index is 1.92. The molecule has 5 nitrogen and oxygen atoms in total. The third-order valence-electron chi connectivity index (χ3n) is 3.77. The smallest absolute Gasteiger partial charge is 0.417 e. The quantitative estimate of drug-likeness (QED) is 0.827. The number of fused-ring (bicyclic) bond motifs is 1. The maximum absolute atomic E-state index is 13.2. The first-order valence-corrected chi connectivity index (χ1v) is 9.23. The average Bonchev–Trinajstić information content (AvgIpc) is 3.00. The highest BCUT2D eigenvalue weighted by molar-refractivity contribution is 7.89. The van der Waals surface area contributed by atoms with Crippen molar-refractivity contribution >= 4 is 21.6 Å². The fourth-order valence-corrected chi connectivity index (χ4v) is 4.12. The van der Waals surface area contributed by atoms with Crippen LogP contribution in [0.25, 0.3) is 0 Å². The number of halogens is 4. The van der Waals surface area contributed by atoms with E-state index in [1.54, 1.807) is 18.2 Å². The zero-order chi connectivity index (χ0) is 19.1. The summed E-state index contributed by atoms with van der Waals surface area (Å²) in [6.45, 7) is 1.57. The van der Waals surface area contributed by atoms with Crippen molar-refractivity contribution in [1.82, 2.24) is 4.72 Å². The lowest BCUT2D eigenvalue weighted by molar-refractivity contribution is -0.139. The van der Waals surface area contributed by atoms with E-state index in [1.807, 2.05) is 0 Å². The third kappa shape index (κ3) is 3.74. The van der Waals surface area contributed by atoms with Crippen LogP contribution in [0.2, 0.25) is 5.02 Å². The Labute approximate surface area is 152 Å². The number of nitrogens with one attached hydrogen (secondary N) is 1. The fourth-order valence-electron chi connectivity index (χ4n) is 2.50. The molecule has 0 saturated heterocycles. The van der Waals surface area contributed by atoms with Crippen molar-refractivity contribution in [2.45, 2.75) is 24.0 Å². The molecule has 26 heavy (non-hydrogen) atoms. The molecule has 1 N–H and O–H groups in total. The van der Waals surface area contributed by atoms with Crippen LogP contribution in [0.4, 0.5) is 13.2 Å². The second-order valence-electron chi connectivity index (χ2n) is 5.59. The van der Waals surface area contributed by atoms with Gasteiger partial charge >= 0.3 is 6.18 Å². The lowest BCUT2D eigenvalue weighted by Crippen LogP contribution is -2.29. The number of rotatable bonds is 4. The molecular weight excluding hydrogens is 395 g/mol. The second kappa shape index (κ2) is 6.64. The first-order valence-electron chi connectivity index (χ1n) is 7.36. The van der Waals surface area contributed by atoms with Gasteiger partial charge in [0.2, 0.25) is 16.8 Å². The van der Waals surface area contributed by atoms with Crippen LogP contribution < -0.4 is 14.2 Å². The number of hydrogen-bond acceptors (Lipinski definition) is 4. The molecular formula is C16H13ClF3NO4S. The molecule has 0 fully saturated rings. The van der Waals surface area contributed by atoms with E-state index in [9.17, 15) is 21.6 Å². The van der Waals surface area contributed by atoms with Crippen LogP contribution in [0.3, 0.4) is 0 Å². The van der Waals surface area contributed by atoms with E-state index in [-0.39, 0.29) is 11.8 Å². The highest BCUT2D eigenvalue weighted by Gasteiger charge is 2.38. The van der Waals surface area contributed by atoms with Gasteiger partial charge in [0.05, 0.1) is 10.5 Å². The van der Waals surface area contributed by atoms with E-state index in [1.165, 1.54) is 6.92 Å². The maximum atomic E-state index is 13.2. The summed E-state index contributed by atoms with van der Waals surface area (Å²) in [5.41, 5.74) is -0.810. The van der Waals surface area contributed by atoms with Crippen LogP contribution in [-0.4, -0.2) is 15.2 Å². The molecule has 1 atom stereocenters. The van der Waals surface area contributed by atoms with Gasteiger partial charge in [0, 0.05) is 11.1 Å². The molecule has 2 aromatic rings. The van der Waals surface area contributed by atoms with Crippen molar-refractivity contribution in [3.05, 3.63) is 52.5 Å². The van der Waals surface area contributed by atoms with Gasteiger partial charge in [-0.15, -0.1) is 0 Å². The van der Waals surface area contributed by atoms with Crippen LogP contribution in [0.15, 0.2) is 41.3 Å². The normalized spacial score (nSPS) is 15.1. The Morgan fingerprint density at radius 3 is 2.50 bits per heavy atom. The highest BCUT2D eigenvalue weighted by Crippen LogP contribution is 2.37. The molecule has 140 valence electrons. The van der Waals surface area contributed by atoms with Gasteiger partial charge < -0.3 is 9.47 Å². The van der Waals surface area contributed by atoms with Crippen molar-refractivity contribution in [1.29, 1.82) is 0 Å². The van der Waals surface area contributed by atoms with E-state index in [0.717, 1.165) is 12.1 Å². The van der Waals surface area contributed by atoms with Gasteiger partial charge in [0.1, 0.15) is 0 Å². The summed E-state index contributed by atoms with van der Waals surface area (Å²) in [6, 6.07) is 6.49. The first kappa shape index (κ1) is 18.8. The minimum absolute atomic E-state index is 0.0542. The monoisotopic (exact) mass is 407 g/mol. The summed E-state index contributed by atoms with van der Waals surface area (Å²) in [5, 5.41) is -0.208. The minimum Gasteiger partial charge on any atom is -0.454 e. The number of benzene rings is 2. The van der Waals surface area contributed by atoms with E-state index >= 15 is 0 Å². The van der Waals surface area contributed by atoms with Gasteiger partial charge in [0.15, 0.2) is 11.5 Å². The molecule has 0 saturated carbocycles. The zero-order valence-electron chi connectivity index (χ0n) is 13.3. The van der Waals surface area contributed by atoms with Gasteiger partial charge in [-0.3, -0.25) is 0 Å². The summed E-state index contributed by atoms with van der Waals surface area (Å²) in [7, 11) is -4.45. The van der Waals surface area contributed by atoms with Gasteiger partial charge in [-0.2, -0.15) is 13.2 Å². The van der Waals surface area contributed by atoms with Crippen LogP contribution in [0, 0.1) is 0 Å². The number of hydrogen-bond donors (Lipinski definition) is 1. The average molecular weight is 408 g/mol. The van der Waals surface area contributed by atoms with Crippen molar-refractivity contribution < 1.29 is 31.1 Å². The molecule has 1 aliphatic heterocycles. The maximum Gasteiger partial charge on any atom is 0.417 e. The van der Waals surface area contributed by atoms with Crippen molar-refractivity contribution in [3.63, 3.8) is 0 Å². The minimum atomic E-state index is -4.86. The summed E-state index contributed by atoms with van der Waals surface area (Å²) in [5.74, 6) is 0.955. The van der Waals surface area contributed by atoms with Crippen LogP contribution >= 0.6 is 11.6 Å². The van der Waals surface area contributed by atoms with Gasteiger partial charge in [-0.25, -0.2) is 13.1 Å². The standard InChI is InChI=1S/C16H13ClF3NO4S/c1-9(10-2-4-13-14(6-10)25-8-24-13)21-26(22,23)15-5-3-11(17)7-12(15)16(18,19)20/h2-7,9,21H,8H2,1H3/t9-/m1/s1. The molecule has 3 rings (SSSR count). The highest BCUT2D eigenvalue weighted by atomic mass is 35.5. The van der Waals surface area contributed by atoms with Crippen molar-refractivity contribution in [3.8, 4) is 11.5 Å². The van der Waals surface area contributed by atoms with E-state index < -0.39 is 32.7 Å². The topological polar surface area (TPSA) is 64.6 Å². The number of alkyl halides is 3. The molecule has 10 heteroatoms. The molecule has 1 heterocycles. The Morgan fingerprint density at radius 2 is 1.81 bits per heavy atom. The molecule has 0 radical (unpaired) electrons. The van der Waals surface area contributed by atoms with Gasteiger partial charge in [-0.05, 0) is 42.8 Å². The molecule has 2 aromatic carbocycles. The summed E-state index contributed by atoms with van der Waals surface area (Å²) in [4.78, 5) is -0.887. The lowest BCUT2D eigenvalue weighted by atomic mass is 10.1. The number of ether oxygens (including phenoxy) is 2. The predicted molar refractivity (Wildman–Crippen MR) is 87.8 cm³/mol. The summed E-state index contributed by atoms with van der Waals surface area (Å²) >= 11 is 5.59. The van der Waals surface area contributed by atoms with Crippen LogP contribution in [-0.2, 0) is 16.2 Å². The Hall–Kier alpha value is -1.97. The number of sulfonamides is 1. The summed E-state index contributed by atoms with van der Waals surface area (Å²) in [6.07, 6.45) is -4.86. The molecule has 0 bridgehead atoms. The van der Waals surface area contributed by atoms with E-state index in [0.29, 0.717) is 23.1 Å². The fraction of sp³-hybridized carbons (Fsp3) is 0.250. The largest absolute Gasteiger partial charge is 0.454 e. The van der Waals surface area contributed by atoms with Gasteiger partial charge in [-0.1, -0.05) is 17.7 Å².